The molecule has 1 aromatic rings. The molecule has 7 nitrogen and oxygen atoms in total. The van der Waals surface area contributed by atoms with E-state index in [9.17, 15) is 9.59 Å². The molecule has 0 aliphatic carbocycles. The first-order valence-electron chi connectivity index (χ1n) is 6.62. The number of aryl methyl sites for hydroxylation is 1. The lowest BCUT2D eigenvalue weighted by atomic mass is 10.1. The van der Waals surface area contributed by atoms with Crippen molar-refractivity contribution in [2.45, 2.75) is 46.6 Å². The zero-order valence-corrected chi connectivity index (χ0v) is 12.1. The number of rotatable bonds is 3. The van der Waals surface area contributed by atoms with E-state index in [4.69, 9.17) is 0 Å². The highest BCUT2D eigenvalue weighted by molar-refractivity contribution is 6.43. The van der Waals surface area contributed by atoms with E-state index in [1.807, 2.05) is 32.4 Å². The number of anilines is 1. The molecule has 2 heterocycles. The van der Waals surface area contributed by atoms with Gasteiger partial charge in [-0.3, -0.25) is 14.3 Å². The standard InChI is InChI=1S/C13H19N5O2/c1-7(2)18-9(4)12(8(3)17-18)14-13(20)10-5-6-11(19)16-15-10/h7H,5-6H2,1-4H3,(H,14,20)(H,16,19). The molecule has 0 radical (unpaired) electrons. The number of nitrogens with one attached hydrogen (secondary N) is 2. The molecule has 0 unspecified atom stereocenters. The summed E-state index contributed by atoms with van der Waals surface area (Å²) in [4.78, 5) is 23.1. The SMILES string of the molecule is Cc1nn(C(C)C)c(C)c1NC(=O)C1=NNC(=O)CC1. The molecule has 0 atom stereocenters. The lowest BCUT2D eigenvalue weighted by molar-refractivity contribution is -0.121. The van der Waals surface area contributed by atoms with Gasteiger partial charge in [-0.15, -0.1) is 0 Å². The molecule has 2 rings (SSSR count). The molecule has 0 aromatic carbocycles. The summed E-state index contributed by atoms with van der Waals surface area (Å²) in [7, 11) is 0. The van der Waals surface area contributed by atoms with Crippen molar-refractivity contribution in [3.63, 3.8) is 0 Å². The molecule has 1 aliphatic heterocycles. The van der Waals surface area contributed by atoms with Gasteiger partial charge < -0.3 is 5.32 Å². The van der Waals surface area contributed by atoms with Gasteiger partial charge in [0.25, 0.3) is 5.91 Å². The van der Waals surface area contributed by atoms with Gasteiger partial charge in [0, 0.05) is 18.9 Å². The van der Waals surface area contributed by atoms with Gasteiger partial charge in [0.2, 0.25) is 5.91 Å². The van der Waals surface area contributed by atoms with E-state index in [0.29, 0.717) is 17.8 Å². The number of nitrogens with zero attached hydrogens (tertiary/aromatic N) is 3. The Morgan fingerprint density at radius 2 is 2.05 bits per heavy atom. The molecule has 108 valence electrons. The average molecular weight is 277 g/mol. The molecule has 20 heavy (non-hydrogen) atoms. The Bertz CT molecular complexity index is 586. The molecule has 2 N–H and O–H groups in total. The Hall–Kier alpha value is -2.18. The Balaban J connectivity index is 2.18. The van der Waals surface area contributed by atoms with E-state index in [-0.39, 0.29) is 24.3 Å². The lowest BCUT2D eigenvalue weighted by Crippen LogP contribution is -2.33. The van der Waals surface area contributed by atoms with Gasteiger partial charge in [-0.1, -0.05) is 0 Å². The fourth-order valence-corrected chi connectivity index (χ4v) is 2.17. The topological polar surface area (TPSA) is 88.4 Å². The van der Waals surface area contributed by atoms with Crippen molar-refractivity contribution in [3.8, 4) is 0 Å². The maximum Gasteiger partial charge on any atom is 0.271 e. The van der Waals surface area contributed by atoms with Crippen LogP contribution in [0.4, 0.5) is 5.69 Å². The number of hydrogen-bond acceptors (Lipinski definition) is 4. The fourth-order valence-electron chi connectivity index (χ4n) is 2.17. The third-order valence-electron chi connectivity index (χ3n) is 3.22. The first kappa shape index (κ1) is 14.2. The van der Waals surface area contributed by atoms with E-state index in [1.165, 1.54) is 0 Å². The van der Waals surface area contributed by atoms with Crippen LogP contribution in [-0.2, 0) is 9.59 Å². The summed E-state index contributed by atoms with van der Waals surface area (Å²) in [5.41, 5.74) is 5.04. The summed E-state index contributed by atoms with van der Waals surface area (Å²) in [6.07, 6.45) is 0.642. The number of hydrogen-bond donors (Lipinski definition) is 2. The summed E-state index contributed by atoms with van der Waals surface area (Å²) < 4.78 is 1.87. The average Bonchev–Trinajstić information content (AvgIpc) is 2.67. The van der Waals surface area contributed by atoms with Crippen molar-refractivity contribution in [1.29, 1.82) is 0 Å². The van der Waals surface area contributed by atoms with E-state index < -0.39 is 0 Å². The van der Waals surface area contributed by atoms with E-state index >= 15 is 0 Å². The largest absolute Gasteiger partial charge is 0.318 e. The van der Waals surface area contributed by atoms with Crippen molar-refractivity contribution in [2.75, 3.05) is 5.32 Å². The van der Waals surface area contributed by atoms with Crippen molar-refractivity contribution < 1.29 is 9.59 Å². The third kappa shape index (κ3) is 2.71. The van der Waals surface area contributed by atoms with Crippen LogP contribution in [0.1, 0.15) is 44.1 Å². The van der Waals surface area contributed by atoms with Crippen LogP contribution in [0.25, 0.3) is 0 Å². The second-order valence-electron chi connectivity index (χ2n) is 5.13. The molecule has 0 fully saturated rings. The molecule has 0 saturated heterocycles. The predicted molar refractivity (Wildman–Crippen MR) is 75.5 cm³/mol. The quantitative estimate of drug-likeness (QED) is 0.872. The van der Waals surface area contributed by atoms with Crippen LogP contribution in [0.5, 0.6) is 0 Å². The maximum absolute atomic E-state index is 12.1. The fraction of sp³-hybridized carbons (Fsp3) is 0.538. The molecule has 1 aromatic heterocycles. The minimum atomic E-state index is -0.292. The molecule has 0 spiro atoms. The highest BCUT2D eigenvalue weighted by Gasteiger charge is 2.21. The first-order valence-corrected chi connectivity index (χ1v) is 6.62. The Morgan fingerprint density at radius 1 is 1.35 bits per heavy atom. The minimum Gasteiger partial charge on any atom is -0.318 e. The predicted octanol–water partition coefficient (Wildman–Crippen LogP) is 1.29. The van der Waals surface area contributed by atoms with Crippen LogP contribution < -0.4 is 10.7 Å². The summed E-state index contributed by atoms with van der Waals surface area (Å²) in [5, 5.41) is 11.0. The molecule has 0 bridgehead atoms. The Kier molecular flexibility index (Phi) is 3.87. The van der Waals surface area contributed by atoms with Crippen LogP contribution >= 0.6 is 0 Å². The van der Waals surface area contributed by atoms with Gasteiger partial charge in [0.05, 0.1) is 17.1 Å². The Labute approximate surface area is 117 Å². The highest BCUT2D eigenvalue weighted by Crippen LogP contribution is 2.22. The van der Waals surface area contributed by atoms with Gasteiger partial charge >= 0.3 is 0 Å². The smallest absolute Gasteiger partial charge is 0.271 e. The van der Waals surface area contributed by atoms with Gasteiger partial charge in [-0.05, 0) is 27.7 Å². The minimum absolute atomic E-state index is 0.165. The molecular weight excluding hydrogens is 258 g/mol. The number of carbonyl (C=O) groups is 2. The summed E-state index contributed by atoms with van der Waals surface area (Å²) in [5.74, 6) is -0.457. The second kappa shape index (κ2) is 5.44. The van der Waals surface area contributed by atoms with Gasteiger partial charge in [-0.25, -0.2) is 5.43 Å². The zero-order valence-electron chi connectivity index (χ0n) is 12.1. The normalized spacial score (nSPS) is 15.1. The Morgan fingerprint density at radius 3 is 2.55 bits per heavy atom. The van der Waals surface area contributed by atoms with Crippen molar-refractivity contribution in [1.82, 2.24) is 15.2 Å². The molecule has 1 aliphatic rings. The van der Waals surface area contributed by atoms with Crippen LogP contribution in [0.2, 0.25) is 0 Å². The van der Waals surface area contributed by atoms with Crippen LogP contribution in [0.15, 0.2) is 5.10 Å². The second-order valence-corrected chi connectivity index (χ2v) is 5.13. The zero-order chi connectivity index (χ0) is 14.9. The van der Waals surface area contributed by atoms with Crippen molar-refractivity contribution in [2.24, 2.45) is 5.10 Å². The van der Waals surface area contributed by atoms with E-state index in [1.54, 1.807) is 0 Å². The van der Waals surface area contributed by atoms with Gasteiger partial charge in [0.15, 0.2) is 0 Å². The van der Waals surface area contributed by atoms with Crippen molar-refractivity contribution >= 4 is 23.2 Å². The van der Waals surface area contributed by atoms with Crippen LogP contribution in [0.3, 0.4) is 0 Å². The molecule has 0 saturated carbocycles. The van der Waals surface area contributed by atoms with Crippen LogP contribution in [0, 0.1) is 13.8 Å². The van der Waals surface area contributed by atoms with Gasteiger partial charge in [0.1, 0.15) is 5.71 Å². The number of aromatic nitrogens is 2. The summed E-state index contributed by atoms with van der Waals surface area (Å²) in [6.45, 7) is 7.84. The monoisotopic (exact) mass is 277 g/mol. The number of carbonyl (C=O) groups excluding carboxylic acids is 2. The molecule has 2 amide bonds. The van der Waals surface area contributed by atoms with Gasteiger partial charge in [-0.2, -0.15) is 10.2 Å². The third-order valence-corrected chi connectivity index (χ3v) is 3.22. The lowest BCUT2D eigenvalue weighted by Gasteiger charge is -2.12. The van der Waals surface area contributed by atoms with Crippen molar-refractivity contribution in [3.05, 3.63) is 11.4 Å². The van der Waals surface area contributed by atoms with E-state index in [2.05, 4.69) is 20.9 Å². The molecular formula is C13H19N5O2. The van der Waals surface area contributed by atoms with Crippen LogP contribution in [-0.4, -0.2) is 27.3 Å². The number of hydrazone groups is 1. The summed E-state index contributed by atoms with van der Waals surface area (Å²) in [6, 6.07) is 0.227. The van der Waals surface area contributed by atoms with E-state index in [0.717, 1.165) is 11.4 Å². The highest BCUT2D eigenvalue weighted by atomic mass is 16.2. The maximum atomic E-state index is 12.1. The first-order chi connectivity index (χ1) is 9.40. The molecule has 7 heteroatoms. The number of amides is 2. The summed E-state index contributed by atoms with van der Waals surface area (Å²) >= 11 is 0.